The third-order valence-electron chi connectivity index (χ3n) is 6.36. The summed E-state index contributed by atoms with van der Waals surface area (Å²) in [5, 5.41) is 0. The molecule has 3 aliphatic rings. The Kier molecular flexibility index (Phi) is 4.87. The van der Waals surface area contributed by atoms with Crippen molar-refractivity contribution in [3.8, 4) is 0 Å². The highest BCUT2D eigenvalue weighted by atomic mass is 16.5. The van der Waals surface area contributed by atoms with Crippen LogP contribution in [0.3, 0.4) is 0 Å². The highest BCUT2D eigenvalue weighted by Gasteiger charge is 2.49. The number of aryl methyl sites for hydroxylation is 1. The van der Waals surface area contributed by atoms with E-state index in [-0.39, 0.29) is 17.9 Å². The van der Waals surface area contributed by atoms with Gasteiger partial charge in [-0.3, -0.25) is 9.69 Å². The highest BCUT2D eigenvalue weighted by Crippen LogP contribution is 2.49. The van der Waals surface area contributed by atoms with E-state index in [1.165, 1.54) is 19.3 Å². The fraction of sp³-hybridized carbons (Fsp3) is 0.750. The third kappa shape index (κ3) is 3.63. The summed E-state index contributed by atoms with van der Waals surface area (Å²) in [6.45, 7) is 7.88. The minimum atomic E-state index is 0.171. The van der Waals surface area contributed by atoms with Crippen molar-refractivity contribution in [2.45, 2.75) is 45.6 Å². The Balaban J connectivity index is 1.30. The van der Waals surface area contributed by atoms with E-state index in [4.69, 9.17) is 9.15 Å². The first-order valence-electron chi connectivity index (χ1n) is 9.78. The number of likely N-dealkylation sites (tertiary alicyclic amines) is 2. The van der Waals surface area contributed by atoms with E-state index < -0.39 is 0 Å². The van der Waals surface area contributed by atoms with Crippen molar-refractivity contribution in [3.05, 3.63) is 23.7 Å². The second kappa shape index (κ2) is 7.12. The van der Waals surface area contributed by atoms with Crippen LogP contribution < -0.4 is 0 Å². The minimum Gasteiger partial charge on any atom is -0.465 e. The zero-order valence-corrected chi connectivity index (χ0v) is 15.3. The van der Waals surface area contributed by atoms with Gasteiger partial charge in [0.05, 0.1) is 13.2 Å². The second-order valence-corrected chi connectivity index (χ2v) is 8.21. The van der Waals surface area contributed by atoms with Crippen LogP contribution in [0.4, 0.5) is 0 Å². The quantitative estimate of drug-likeness (QED) is 0.795. The molecule has 0 spiro atoms. The monoisotopic (exact) mass is 346 g/mol. The molecule has 2 saturated heterocycles. The first-order valence-corrected chi connectivity index (χ1v) is 9.78. The molecule has 138 valence electrons. The molecule has 2 atom stereocenters. The van der Waals surface area contributed by atoms with Crippen LogP contribution in [0.2, 0.25) is 0 Å². The summed E-state index contributed by atoms with van der Waals surface area (Å²) in [7, 11) is 0. The van der Waals surface area contributed by atoms with Gasteiger partial charge in [-0.2, -0.15) is 0 Å². The van der Waals surface area contributed by atoms with Gasteiger partial charge in [0.25, 0.3) is 0 Å². The van der Waals surface area contributed by atoms with Crippen LogP contribution in [0.1, 0.15) is 43.6 Å². The molecule has 0 aromatic carbocycles. The number of rotatable bonds is 6. The molecule has 1 saturated carbocycles. The van der Waals surface area contributed by atoms with E-state index >= 15 is 0 Å². The number of carbonyl (C=O) groups excluding carboxylic acids is 1. The fourth-order valence-corrected chi connectivity index (χ4v) is 5.07. The van der Waals surface area contributed by atoms with Crippen LogP contribution in [0.15, 0.2) is 16.5 Å². The zero-order chi connectivity index (χ0) is 17.3. The molecule has 0 radical (unpaired) electrons. The van der Waals surface area contributed by atoms with Gasteiger partial charge in [0.1, 0.15) is 18.1 Å². The van der Waals surface area contributed by atoms with Gasteiger partial charge in [-0.05, 0) is 50.7 Å². The number of hydrogen-bond donors (Lipinski definition) is 0. The van der Waals surface area contributed by atoms with Gasteiger partial charge >= 0.3 is 0 Å². The van der Waals surface area contributed by atoms with Crippen LogP contribution in [0.25, 0.3) is 0 Å². The smallest absolute Gasteiger partial charge is 0.248 e. The minimum absolute atomic E-state index is 0.171. The molecule has 2 aliphatic heterocycles. The Morgan fingerprint density at radius 2 is 2.16 bits per heavy atom. The molecule has 1 aromatic heterocycles. The molecule has 0 bridgehead atoms. The maximum Gasteiger partial charge on any atom is 0.248 e. The van der Waals surface area contributed by atoms with Gasteiger partial charge in [-0.1, -0.05) is 6.42 Å². The molecule has 4 rings (SSSR count). The first-order chi connectivity index (χ1) is 12.1. The summed E-state index contributed by atoms with van der Waals surface area (Å²) in [6.07, 6.45) is 6.08. The maximum absolute atomic E-state index is 12.2. The van der Waals surface area contributed by atoms with E-state index in [2.05, 4.69) is 11.0 Å². The van der Waals surface area contributed by atoms with Gasteiger partial charge in [0.15, 0.2) is 0 Å². The van der Waals surface area contributed by atoms with E-state index in [1.54, 1.807) is 0 Å². The zero-order valence-electron chi connectivity index (χ0n) is 15.3. The van der Waals surface area contributed by atoms with Crippen molar-refractivity contribution in [1.82, 2.24) is 9.80 Å². The van der Waals surface area contributed by atoms with Gasteiger partial charge in [-0.25, -0.2) is 0 Å². The number of fused-ring (bicyclic) bond motifs is 1. The standard InChI is InChI=1S/C20H30N2O3/c1-16-6-7-18(25-16)12-21-11-17-5-4-8-20(17,14-21)15-24-13-19(23)22-9-2-3-10-22/h6-7,17H,2-5,8-15H2,1H3/t17-,20+/m1/s1. The molecule has 1 aromatic rings. The summed E-state index contributed by atoms with van der Waals surface area (Å²) in [6, 6.07) is 4.12. The molecule has 1 amide bonds. The summed E-state index contributed by atoms with van der Waals surface area (Å²) in [5.41, 5.74) is 0.243. The topological polar surface area (TPSA) is 45.9 Å². The van der Waals surface area contributed by atoms with Crippen molar-refractivity contribution in [1.29, 1.82) is 0 Å². The van der Waals surface area contributed by atoms with E-state index in [0.29, 0.717) is 5.92 Å². The van der Waals surface area contributed by atoms with Gasteiger partial charge in [-0.15, -0.1) is 0 Å². The Morgan fingerprint density at radius 3 is 2.92 bits per heavy atom. The number of ether oxygens (including phenoxy) is 1. The van der Waals surface area contributed by atoms with Crippen molar-refractivity contribution in [2.24, 2.45) is 11.3 Å². The molecule has 5 nitrogen and oxygen atoms in total. The predicted molar refractivity (Wildman–Crippen MR) is 95.1 cm³/mol. The lowest BCUT2D eigenvalue weighted by Gasteiger charge is -2.29. The predicted octanol–water partition coefficient (Wildman–Crippen LogP) is 2.83. The summed E-state index contributed by atoms with van der Waals surface area (Å²) in [5.74, 6) is 2.90. The number of amides is 1. The molecule has 3 fully saturated rings. The fourth-order valence-electron chi connectivity index (χ4n) is 5.07. The highest BCUT2D eigenvalue weighted by molar-refractivity contribution is 5.77. The number of nitrogens with zero attached hydrogens (tertiary/aromatic N) is 2. The van der Waals surface area contributed by atoms with E-state index in [1.807, 2.05) is 17.9 Å². The second-order valence-electron chi connectivity index (χ2n) is 8.21. The molecular weight excluding hydrogens is 316 g/mol. The molecule has 3 heterocycles. The van der Waals surface area contributed by atoms with Crippen molar-refractivity contribution < 1.29 is 13.9 Å². The Labute approximate surface area is 150 Å². The van der Waals surface area contributed by atoms with E-state index in [0.717, 1.165) is 63.7 Å². The summed E-state index contributed by atoms with van der Waals surface area (Å²) >= 11 is 0. The van der Waals surface area contributed by atoms with Crippen molar-refractivity contribution in [2.75, 3.05) is 39.4 Å². The summed E-state index contributed by atoms with van der Waals surface area (Å²) in [4.78, 5) is 16.7. The molecule has 0 N–H and O–H groups in total. The number of carbonyl (C=O) groups is 1. The SMILES string of the molecule is Cc1ccc(CN2C[C@H]3CCC[C@@]3(COCC(=O)N3CCCC3)C2)o1. The van der Waals surface area contributed by atoms with Crippen molar-refractivity contribution >= 4 is 5.91 Å². The summed E-state index contributed by atoms with van der Waals surface area (Å²) < 4.78 is 11.7. The van der Waals surface area contributed by atoms with Crippen LogP contribution in [-0.2, 0) is 16.1 Å². The maximum atomic E-state index is 12.2. The van der Waals surface area contributed by atoms with Crippen LogP contribution in [-0.4, -0.2) is 55.1 Å². The Bertz CT molecular complexity index is 608. The third-order valence-corrected chi connectivity index (χ3v) is 6.36. The Hall–Kier alpha value is -1.33. The van der Waals surface area contributed by atoms with E-state index in [9.17, 15) is 4.79 Å². The largest absolute Gasteiger partial charge is 0.465 e. The molecule has 0 unspecified atom stereocenters. The van der Waals surface area contributed by atoms with Gasteiger partial charge < -0.3 is 14.1 Å². The lowest BCUT2D eigenvalue weighted by Crippen LogP contribution is -2.36. The average molecular weight is 346 g/mol. The molecule has 5 heteroatoms. The molecular formula is C20H30N2O3. The van der Waals surface area contributed by atoms with Gasteiger partial charge in [0, 0.05) is 31.6 Å². The average Bonchev–Trinajstić information content (AvgIpc) is 3.32. The van der Waals surface area contributed by atoms with Crippen molar-refractivity contribution in [3.63, 3.8) is 0 Å². The normalized spacial score (nSPS) is 29.5. The lowest BCUT2D eigenvalue weighted by atomic mass is 9.81. The number of hydrogen-bond acceptors (Lipinski definition) is 4. The molecule has 1 aliphatic carbocycles. The Morgan fingerprint density at radius 1 is 1.32 bits per heavy atom. The van der Waals surface area contributed by atoms with Crippen LogP contribution >= 0.6 is 0 Å². The molecule has 25 heavy (non-hydrogen) atoms. The first kappa shape index (κ1) is 17.1. The van der Waals surface area contributed by atoms with Gasteiger partial charge in [0.2, 0.25) is 5.91 Å². The van der Waals surface area contributed by atoms with Crippen LogP contribution in [0.5, 0.6) is 0 Å². The lowest BCUT2D eigenvalue weighted by molar-refractivity contribution is -0.136. The van der Waals surface area contributed by atoms with Crippen LogP contribution in [0, 0.1) is 18.3 Å². The number of furan rings is 1.